The van der Waals surface area contributed by atoms with Crippen LogP contribution in [0, 0.1) is 0 Å². The number of carbonyl (C=O) groups excluding carboxylic acids is 2. The van der Waals surface area contributed by atoms with Crippen LogP contribution in [-0.2, 0) is 23.8 Å². The average molecular weight is 621 g/mol. The molecule has 0 radical (unpaired) electrons. The standard InChI is InChI=1S/C32H28O13/c1-16(33)42-31-29(39)26(15-41-27(38)11-4-17-2-7-19(34)8-3-17)45-32(30(31)40)43-21-12-22(36)28-23(37)14-24(44-25(28)13-21)18-5-9-20(35)10-6-18/h2-14,26,29-32,34-36,39-40H,15H2,1H3/b11-4+/t26?,29-,30+,31?,32-/m1/s1. The van der Waals surface area contributed by atoms with Crippen LogP contribution in [0.4, 0.5) is 0 Å². The van der Waals surface area contributed by atoms with Gasteiger partial charge >= 0.3 is 11.9 Å². The number of esters is 2. The Morgan fingerprint density at radius 2 is 1.58 bits per heavy atom. The highest BCUT2D eigenvalue weighted by molar-refractivity contribution is 5.87. The molecule has 2 heterocycles. The van der Waals surface area contributed by atoms with Crippen molar-refractivity contribution in [1.82, 2.24) is 0 Å². The van der Waals surface area contributed by atoms with Gasteiger partial charge in [-0.25, -0.2) is 4.79 Å². The SMILES string of the molecule is CC(=O)OC1[C@H](O)C(COC(=O)/C=C/c2ccc(O)cc2)O[C@@H](Oc2cc(O)c3c(=O)cc(-c4ccc(O)cc4)oc3c2)[C@H]1O. The Balaban J connectivity index is 1.36. The van der Waals surface area contributed by atoms with Crippen LogP contribution in [0.25, 0.3) is 28.4 Å². The summed E-state index contributed by atoms with van der Waals surface area (Å²) in [5.41, 5.74) is 0.442. The molecule has 0 amide bonds. The molecule has 0 saturated carbocycles. The van der Waals surface area contributed by atoms with Crippen molar-refractivity contribution in [3.63, 3.8) is 0 Å². The molecule has 5 atom stereocenters. The first-order valence-electron chi connectivity index (χ1n) is 13.6. The number of phenols is 3. The van der Waals surface area contributed by atoms with Gasteiger partial charge in [0.15, 0.2) is 17.6 Å². The highest BCUT2D eigenvalue weighted by Gasteiger charge is 2.48. The zero-order valence-electron chi connectivity index (χ0n) is 23.6. The van der Waals surface area contributed by atoms with Crippen LogP contribution in [0.1, 0.15) is 12.5 Å². The maximum atomic E-state index is 12.8. The molecule has 5 N–H and O–H groups in total. The van der Waals surface area contributed by atoms with E-state index in [0.717, 1.165) is 19.1 Å². The summed E-state index contributed by atoms with van der Waals surface area (Å²) in [6.07, 6.45) is -5.31. The lowest BCUT2D eigenvalue weighted by Gasteiger charge is -2.41. The van der Waals surface area contributed by atoms with E-state index in [0.29, 0.717) is 11.1 Å². The zero-order chi connectivity index (χ0) is 32.2. The fraction of sp³-hybridized carbons (Fsp3) is 0.219. The summed E-state index contributed by atoms with van der Waals surface area (Å²) in [6.45, 7) is 0.543. The van der Waals surface area contributed by atoms with Crippen molar-refractivity contribution in [2.24, 2.45) is 0 Å². The molecule has 2 unspecified atom stereocenters. The van der Waals surface area contributed by atoms with E-state index < -0.39 is 60.4 Å². The number of aromatic hydroxyl groups is 3. The minimum Gasteiger partial charge on any atom is -0.508 e. The minimum absolute atomic E-state index is 0.0112. The third kappa shape index (κ3) is 7.24. The van der Waals surface area contributed by atoms with Crippen LogP contribution < -0.4 is 10.2 Å². The van der Waals surface area contributed by atoms with Gasteiger partial charge in [-0.1, -0.05) is 12.1 Å². The number of aliphatic hydroxyl groups excluding tert-OH is 2. The summed E-state index contributed by atoms with van der Waals surface area (Å²) >= 11 is 0. The summed E-state index contributed by atoms with van der Waals surface area (Å²) in [7, 11) is 0. The van der Waals surface area contributed by atoms with Crippen LogP contribution in [0.5, 0.6) is 23.0 Å². The van der Waals surface area contributed by atoms with Crippen molar-refractivity contribution in [2.45, 2.75) is 37.6 Å². The Hall–Kier alpha value is -5.37. The van der Waals surface area contributed by atoms with E-state index in [1.54, 1.807) is 12.1 Å². The largest absolute Gasteiger partial charge is 0.508 e. The predicted octanol–water partition coefficient (Wildman–Crippen LogP) is 2.59. The number of benzene rings is 3. The van der Waals surface area contributed by atoms with E-state index in [2.05, 4.69) is 0 Å². The molecule has 45 heavy (non-hydrogen) atoms. The number of ether oxygens (including phenoxy) is 4. The second kappa shape index (κ2) is 13.1. The molecule has 1 aliphatic rings. The van der Waals surface area contributed by atoms with Gasteiger partial charge in [0.05, 0.1) is 0 Å². The summed E-state index contributed by atoms with van der Waals surface area (Å²) in [5, 5.41) is 51.1. The molecule has 0 spiro atoms. The lowest BCUT2D eigenvalue weighted by molar-refractivity contribution is -0.281. The quantitative estimate of drug-likeness (QED) is 0.142. The molecule has 1 fully saturated rings. The minimum atomic E-state index is -1.74. The lowest BCUT2D eigenvalue weighted by Crippen LogP contribution is -2.61. The van der Waals surface area contributed by atoms with Crippen molar-refractivity contribution < 1.29 is 58.5 Å². The zero-order valence-corrected chi connectivity index (χ0v) is 23.6. The van der Waals surface area contributed by atoms with E-state index in [9.17, 15) is 39.9 Å². The van der Waals surface area contributed by atoms with E-state index in [-0.39, 0.29) is 34.0 Å². The molecule has 13 nitrogen and oxygen atoms in total. The van der Waals surface area contributed by atoms with Crippen LogP contribution in [0.3, 0.4) is 0 Å². The van der Waals surface area contributed by atoms with Crippen molar-refractivity contribution in [3.05, 3.63) is 88.6 Å². The van der Waals surface area contributed by atoms with Gasteiger partial charge in [0.25, 0.3) is 0 Å². The first kappa shape index (κ1) is 31.1. The molecule has 1 aromatic heterocycles. The van der Waals surface area contributed by atoms with Gasteiger partial charge in [0, 0.05) is 36.8 Å². The maximum absolute atomic E-state index is 12.8. The predicted molar refractivity (Wildman–Crippen MR) is 156 cm³/mol. The Morgan fingerprint density at radius 3 is 2.24 bits per heavy atom. The molecule has 1 saturated heterocycles. The molecule has 234 valence electrons. The number of hydrogen-bond acceptors (Lipinski definition) is 13. The van der Waals surface area contributed by atoms with Crippen LogP contribution in [0.2, 0.25) is 0 Å². The van der Waals surface area contributed by atoms with Crippen LogP contribution >= 0.6 is 0 Å². The topological polar surface area (TPSA) is 202 Å². The lowest BCUT2D eigenvalue weighted by atomic mass is 9.99. The molecular formula is C32H28O13. The Kier molecular flexibility index (Phi) is 9.04. The average Bonchev–Trinajstić information content (AvgIpc) is 2.99. The van der Waals surface area contributed by atoms with Crippen molar-refractivity contribution in [1.29, 1.82) is 0 Å². The van der Waals surface area contributed by atoms with Gasteiger partial charge in [0.2, 0.25) is 6.29 Å². The first-order chi connectivity index (χ1) is 21.5. The number of aliphatic hydroxyl groups is 2. The third-order valence-electron chi connectivity index (χ3n) is 6.83. The van der Waals surface area contributed by atoms with Crippen molar-refractivity contribution in [2.75, 3.05) is 6.61 Å². The molecule has 0 bridgehead atoms. The number of carbonyl (C=O) groups is 2. The molecule has 0 aliphatic carbocycles. The molecule has 3 aromatic carbocycles. The molecular weight excluding hydrogens is 592 g/mol. The summed E-state index contributed by atoms with van der Waals surface area (Å²) in [5.74, 6) is -2.04. The van der Waals surface area contributed by atoms with E-state index in [1.165, 1.54) is 54.6 Å². The second-order valence-electron chi connectivity index (χ2n) is 10.1. The third-order valence-corrected chi connectivity index (χ3v) is 6.83. The van der Waals surface area contributed by atoms with Crippen molar-refractivity contribution in [3.8, 4) is 34.3 Å². The van der Waals surface area contributed by atoms with E-state index in [4.69, 9.17) is 23.4 Å². The number of rotatable bonds is 8. The molecule has 4 aromatic rings. The van der Waals surface area contributed by atoms with Gasteiger partial charge in [-0.15, -0.1) is 0 Å². The van der Waals surface area contributed by atoms with Crippen LogP contribution in [0.15, 0.2) is 82.0 Å². The summed E-state index contributed by atoms with van der Waals surface area (Å²) in [6, 6.07) is 15.4. The maximum Gasteiger partial charge on any atom is 0.330 e. The Labute approximate surface area is 254 Å². The fourth-order valence-corrected chi connectivity index (χ4v) is 4.64. The van der Waals surface area contributed by atoms with Gasteiger partial charge in [-0.2, -0.15) is 0 Å². The van der Waals surface area contributed by atoms with Gasteiger partial charge in [-0.05, 0) is 48.0 Å². The second-order valence-corrected chi connectivity index (χ2v) is 10.1. The van der Waals surface area contributed by atoms with Gasteiger partial charge in [0.1, 0.15) is 58.5 Å². The number of hydrogen-bond donors (Lipinski definition) is 5. The van der Waals surface area contributed by atoms with Gasteiger partial charge < -0.3 is 48.9 Å². The first-order valence-corrected chi connectivity index (χ1v) is 13.6. The summed E-state index contributed by atoms with van der Waals surface area (Å²) in [4.78, 5) is 36.9. The van der Waals surface area contributed by atoms with E-state index >= 15 is 0 Å². The highest BCUT2D eigenvalue weighted by Crippen LogP contribution is 2.34. The fourth-order valence-electron chi connectivity index (χ4n) is 4.64. The Morgan fingerprint density at radius 1 is 0.911 bits per heavy atom. The van der Waals surface area contributed by atoms with E-state index in [1.807, 2.05) is 0 Å². The Bertz CT molecular complexity index is 1780. The molecule has 13 heteroatoms. The molecule has 1 aliphatic heterocycles. The number of fused-ring (bicyclic) bond motifs is 1. The molecule has 5 rings (SSSR count). The smallest absolute Gasteiger partial charge is 0.330 e. The van der Waals surface area contributed by atoms with Gasteiger partial charge in [-0.3, -0.25) is 9.59 Å². The normalized spacial score (nSPS) is 21.4. The summed E-state index contributed by atoms with van der Waals surface area (Å²) < 4.78 is 27.6. The highest BCUT2D eigenvalue weighted by atomic mass is 16.7. The van der Waals surface area contributed by atoms with Crippen molar-refractivity contribution >= 4 is 29.0 Å². The van der Waals surface area contributed by atoms with Crippen LogP contribution in [-0.4, -0.2) is 74.8 Å². The number of phenolic OH excluding ortho intramolecular Hbond substituents is 3. The monoisotopic (exact) mass is 620 g/mol.